The van der Waals surface area contributed by atoms with Crippen LogP contribution in [0, 0.1) is 5.92 Å². The lowest BCUT2D eigenvalue weighted by atomic mass is 10.0. The number of hydrogen-bond donors (Lipinski definition) is 11. The van der Waals surface area contributed by atoms with Gasteiger partial charge in [-0.15, -0.1) is 0 Å². The maximum absolute atomic E-state index is 14.2. The van der Waals surface area contributed by atoms with Crippen molar-refractivity contribution in [3.8, 4) is 0 Å². The predicted octanol–water partition coefficient (Wildman–Crippen LogP) is -1.01. The van der Waals surface area contributed by atoms with Gasteiger partial charge in [0.15, 0.2) is 5.96 Å². The Morgan fingerprint density at radius 2 is 1.48 bits per heavy atom. The summed E-state index contributed by atoms with van der Waals surface area (Å²) in [6.45, 7) is 4.89. The molecule has 0 bridgehead atoms. The molecule has 2 heterocycles. The first-order chi connectivity index (χ1) is 26.6. The van der Waals surface area contributed by atoms with Crippen LogP contribution in [0.25, 0.3) is 10.9 Å². The number of para-hydroxylation sites is 1. The molecule has 3 rings (SSSR count). The Kier molecular flexibility index (Phi) is 17.6. The van der Waals surface area contributed by atoms with Gasteiger partial charge >= 0.3 is 5.97 Å². The third kappa shape index (κ3) is 13.9. The number of hydrogen-bond acceptors (Lipinski definition) is 10. The van der Waals surface area contributed by atoms with E-state index in [9.17, 15) is 33.9 Å². The Labute approximate surface area is 328 Å². The van der Waals surface area contributed by atoms with Crippen LogP contribution >= 0.6 is 11.8 Å². The molecule has 0 saturated carbocycles. The van der Waals surface area contributed by atoms with Gasteiger partial charge in [0, 0.05) is 48.4 Å². The lowest BCUT2D eigenvalue weighted by molar-refractivity contribution is -0.141. The number of imidazole rings is 1. The Morgan fingerprint density at radius 3 is 2.11 bits per heavy atom. The highest BCUT2D eigenvalue weighted by Gasteiger charge is 2.34. The molecule has 0 saturated heterocycles. The summed E-state index contributed by atoms with van der Waals surface area (Å²) in [6, 6.07) is 0.406. The molecule has 56 heavy (non-hydrogen) atoms. The summed E-state index contributed by atoms with van der Waals surface area (Å²) >= 11 is 1.54. The van der Waals surface area contributed by atoms with E-state index in [4.69, 9.17) is 17.2 Å². The molecule has 6 atom stereocenters. The van der Waals surface area contributed by atoms with Crippen molar-refractivity contribution in [3.05, 3.63) is 54.2 Å². The van der Waals surface area contributed by atoms with Gasteiger partial charge in [0.25, 0.3) is 0 Å². The third-order valence-corrected chi connectivity index (χ3v) is 9.51. The van der Waals surface area contributed by atoms with Gasteiger partial charge in [-0.2, -0.15) is 11.8 Å². The zero-order chi connectivity index (χ0) is 41.4. The molecule has 0 spiro atoms. The van der Waals surface area contributed by atoms with Crippen molar-refractivity contribution < 1.29 is 33.9 Å². The van der Waals surface area contributed by atoms with E-state index in [1.807, 2.05) is 30.5 Å². The van der Waals surface area contributed by atoms with Gasteiger partial charge in [-0.25, -0.2) is 4.98 Å². The first-order valence-electron chi connectivity index (χ1n) is 18.2. The van der Waals surface area contributed by atoms with Crippen molar-refractivity contribution in [2.75, 3.05) is 18.6 Å². The van der Waals surface area contributed by atoms with E-state index in [0.29, 0.717) is 23.4 Å². The van der Waals surface area contributed by atoms with Gasteiger partial charge < -0.3 is 58.9 Å². The summed E-state index contributed by atoms with van der Waals surface area (Å²) in [5.74, 6) is -4.60. The number of amides is 5. The number of aliphatic imine (C=N–C) groups is 1. The summed E-state index contributed by atoms with van der Waals surface area (Å²) < 4.78 is 0. The molecular formula is C36H54N12O7S. The molecule has 306 valence electrons. The van der Waals surface area contributed by atoms with Crippen molar-refractivity contribution in [2.45, 2.75) is 89.1 Å². The number of guanidine groups is 1. The molecule has 0 aliphatic heterocycles. The summed E-state index contributed by atoms with van der Waals surface area (Å²) in [5.41, 5.74) is 18.9. The first kappa shape index (κ1) is 44.8. The SMILES string of the molecule is CSCC[C@H](N)C(=O)N[C@H](C(=O)N[C@@H](Cc1cnc[nH]1)C(=O)N[C@@H](Cc1c[nH]c2ccccc12)C(=O)N[C@@H](CCCN=C(N)N)C(=O)N[C@@H](C)C(=O)O)C(C)C. The number of carbonyl (C=O) groups is 6. The third-order valence-electron chi connectivity index (χ3n) is 8.87. The van der Waals surface area contributed by atoms with Crippen LogP contribution in [0.1, 0.15) is 51.3 Å². The Morgan fingerprint density at radius 1 is 0.839 bits per heavy atom. The largest absolute Gasteiger partial charge is 0.480 e. The van der Waals surface area contributed by atoms with Crippen molar-refractivity contribution >= 4 is 64.1 Å². The molecule has 1 aromatic carbocycles. The van der Waals surface area contributed by atoms with Crippen LogP contribution in [-0.2, 0) is 41.6 Å². The standard InChI is InChI=1S/C36H54N12O7S/c1-19(2)29(48-30(49)24(37)11-13-56-4)34(53)47-28(15-22-17-40-18-43-22)33(52)46-27(14-21-16-42-25-9-6-5-8-23(21)25)32(51)45-26(10-7-12-41-36(38)39)31(50)44-20(3)35(54)55/h5-6,8-9,16-20,24,26-29,42H,7,10-15,37H2,1-4H3,(H,40,43)(H,44,50)(H,45,51)(H,46,52)(H,47,53)(H,48,49)(H,54,55)(H4,38,39,41)/t20-,24-,26-,27-,28-,29-/m0/s1. The highest BCUT2D eigenvalue weighted by atomic mass is 32.2. The molecule has 19 nitrogen and oxygen atoms in total. The summed E-state index contributed by atoms with van der Waals surface area (Å²) in [6.07, 6.45) is 7.06. The fourth-order valence-corrected chi connectivity index (χ4v) is 6.17. The number of nitrogens with two attached hydrogens (primary N) is 3. The second-order valence-electron chi connectivity index (χ2n) is 13.7. The molecule has 0 fully saturated rings. The molecule has 20 heteroatoms. The number of nitrogens with zero attached hydrogens (tertiary/aromatic N) is 2. The molecule has 0 radical (unpaired) electrons. The first-order valence-corrected chi connectivity index (χ1v) is 19.6. The van der Waals surface area contributed by atoms with Gasteiger partial charge in [0.2, 0.25) is 29.5 Å². The Bertz CT molecular complexity index is 1810. The number of benzene rings is 1. The quantitative estimate of drug-likeness (QED) is 0.0313. The molecule has 0 aliphatic rings. The van der Waals surface area contributed by atoms with Gasteiger partial charge in [-0.3, -0.25) is 33.8 Å². The minimum atomic E-state index is -1.30. The van der Waals surface area contributed by atoms with Crippen molar-refractivity contribution in [1.29, 1.82) is 0 Å². The topological polar surface area (TPSA) is 318 Å². The van der Waals surface area contributed by atoms with Gasteiger partial charge in [-0.05, 0) is 55.7 Å². The van der Waals surface area contributed by atoms with Crippen LogP contribution in [-0.4, -0.2) is 116 Å². The molecule has 14 N–H and O–H groups in total. The average molecular weight is 799 g/mol. The Hall–Kier alpha value is -5.63. The van der Waals surface area contributed by atoms with Crippen LogP contribution in [0.15, 0.2) is 48.0 Å². The molecule has 0 unspecified atom stereocenters. The number of nitrogens with one attached hydrogen (secondary N) is 7. The number of carboxylic acid groups (broad SMARTS) is 1. The van der Waals surface area contributed by atoms with Crippen LogP contribution in [0.3, 0.4) is 0 Å². The number of H-pyrrole nitrogens is 2. The molecule has 5 amide bonds. The smallest absolute Gasteiger partial charge is 0.325 e. The number of carboxylic acids is 1. The minimum absolute atomic E-state index is 0.0240. The molecule has 0 aliphatic carbocycles. The summed E-state index contributed by atoms with van der Waals surface area (Å²) in [4.78, 5) is 93.9. The fourth-order valence-electron chi connectivity index (χ4n) is 5.68. The van der Waals surface area contributed by atoms with Crippen molar-refractivity contribution in [1.82, 2.24) is 41.5 Å². The number of aromatic nitrogens is 3. The lowest BCUT2D eigenvalue weighted by Crippen LogP contribution is -2.60. The monoisotopic (exact) mass is 798 g/mol. The molecule has 3 aromatic rings. The van der Waals surface area contributed by atoms with Gasteiger partial charge in [-0.1, -0.05) is 32.0 Å². The number of rotatable bonds is 23. The number of fused-ring (bicyclic) bond motifs is 1. The maximum atomic E-state index is 14.2. The van der Waals surface area contributed by atoms with Crippen molar-refractivity contribution in [3.63, 3.8) is 0 Å². The second kappa shape index (κ2) is 22.1. The molecule has 2 aromatic heterocycles. The maximum Gasteiger partial charge on any atom is 0.325 e. The van der Waals surface area contributed by atoms with Crippen LogP contribution in [0.5, 0.6) is 0 Å². The second-order valence-corrected chi connectivity index (χ2v) is 14.6. The van der Waals surface area contributed by atoms with E-state index >= 15 is 0 Å². The highest BCUT2D eigenvalue weighted by molar-refractivity contribution is 7.98. The van der Waals surface area contributed by atoms with Gasteiger partial charge in [0.1, 0.15) is 30.2 Å². The number of carbonyl (C=O) groups excluding carboxylic acids is 5. The average Bonchev–Trinajstić information content (AvgIpc) is 3.82. The van der Waals surface area contributed by atoms with E-state index < -0.39 is 71.8 Å². The van der Waals surface area contributed by atoms with Crippen molar-refractivity contribution in [2.24, 2.45) is 28.1 Å². The fraction of sp³-hybridized carbons (Fsp3) is 0.500. The van der Waals surface area contributed by atoms with E-state index in [1.165, 1.54) is 31.2 Å². The summed E-state index contributed by atoms with van der Waals surface area (Å²) in [7, 11) is 0. The van der Waals surface area contributed by atoms with E-state index in [2.05, 4.69) is 46.5 Å². The van der Waals surface area contributed by atoms with Gasteiger partial charge in [0.05, 0.1) is 12.4 Å². The highest BCUT2D eigenvalue weighted by Crippen LogP contribution is 2.20. The number of aromatic amines is 2. The normalized spacial score (nSPS) is 14.4. The minimum Gasteiger partial charge on any atom is -0.480 e. The van der Waals surface area contributed by atoms with E-state index in [-0.39, 0.29) is 44.1 Å². The van der Waals surface area contributed by atoms with E-state index in [1.54, 1.807) is 20.0 Å². The summed E-state index contributed by atoms with van der Waals surface area (Å²) in [5, 5.41) is 23.5. The van der Waals surface area contributed by atoms with E-state index in [0.717, 1.165) is 10.9 Å². The predicted molar refractivity (Wildman–Crippen MR) is 213 cm³/mol. The Balaban J connectivity index is 1.94. The number of aliphatic carboxylic acids is 1. The molecular weight excluding hydrogens is 745 g/mol. The number of thioether (sulfide) groups is 1. The zero-order valence-electron chi connectivity index (χ0n) is 32.0. The van der Waals surface area contributed by atoms with Crippen LogP contribution in [0.2, 0.25) is 0 Å². The van der Waals surface area contributed by atoms with Crippen LogP contribution in [0.4, 0.5) is 0 Å². The zero-order valence-corrected chi connectivity index (χ0v) is 32.8. The van der Waals surface area contributed by atoms with Crippen LogP contribution < -0.4 is 43.8 Å². The lowest BCUT2D eigenvalue weighted by Gasteiger charge is -2.28.